The van der Waals surface area contributed by atoms with Gasteiger partial charge in [0.15, 0.2) is 5.03 Å². The Balaban J connectivity index is 2.14. The normalized spacial score (nSPS) is 25.3. The van der Waals surface area contributed by atoms with Crippen LogP contribution >= 0.6 is 0 Å². The summed E-state index contributed by atoms with van der Waals surface area (Å²) in [5.74, 6) is 0. The molecule has 0 aliphatic carbocycles. The van der Waals surface area contributed by atoms with E-state index < -0.39 is 33.9 Å². The molecule has 1 aromatic heterocycles. The summed E-state index contributed by atoms with van der Waals surface area (Å²) in [4.78, 5) is 15.9. The van der Waals surface area contributed by atoms with E-state index in [0.29, 0.717) is 12.8 Å². The molecule has 0 aromatic carbocycles. The third-order valence-electron chi connectivity index (χ3n) is 4.13. The fourth-order valence-electron chi connectivity index (χ4n) is 2.83. The summed E-state index contributed by atoms with van der Waals surface area (Å²) in [7, 11) is -3.83. The number of sulfonamides is 1. The number of nitrogens with zero attached hydrogens (tertiary/aromatic N) is 2. The van der Waals surface area contributed by atoms with Crippen LogP contribution in [0.15, 0.2) is 29.4 Å². The van der Waals surface area contributed by atoms with Gasteiger partial charge in [0.05, 0.1) is 12.1 Å². The third-order valence-corrected chi connectivity index (χ3v) is 6.03. The molecule has 1 aromatic rings. The Kier molecular flexibility index (Phi) is 6.25. The number of β-amino-alcohol motifs (C(OH)–C–C–N with tert-alkyl or cyclic N) is 1. The van der Waals surface area contributed by atoms with Crippen LogP contribution in [0.3, 0.4) is 0 Å². The molecule has 2 rings (SSSR count). The Bertz CT molecular complexity index is 718. The number of nitrogens with one attached hydrogen (secondary N) is 1. The standard InChI is InChI=1S/C17H27N3O5S/c1-12-8-9-13(19-16(22)25-17(2,3)4)14(21)11-20(12)26(23,24)15-7-5-6-10-18-15/h5-7,10,12-14,21H,8-9,11H2,1-4H3,(H,19,22)/t12-,13-,14-/m1/s1. The minimum atomic E-state index is -3.83. The first-order valence-electron chi connectivity index (χ1n) is 8.61. The molecule has 0 saturated carbocycles. The molecule has 26 heavy (non-hydrogen) atoms. The third kappa shape index (κ3) is 5.15. The van der Waals surface area contributed by atoms with Gasteiger partial charge in [-0.05, 0) is 52.7 Å². The minimum absolute atomic E-state index is 0.0578. The number of hydrogen-bond donors (Lipinski definition) is 2. The summed E-state index contributed by atoms with van der Waals surface area (Å²) in [6.07, 6.45) is 0.666. The molecule has 0 radical (unpaired) electrons. The predicted octanol–water partition coefficient (Wildman–Crippen LogP) is 1.51. The van der Waals surface area contributed by atoms with Crippen molar-refractivity contribution in [1.82, 2.24) is 14.6 Å². The Hall–Kier alpha value is -1.71. The molecule has 2 N–H and O–H groups in total. The average molecular weight is 385 g/mol. The number of pyridine rings is 1. The summed E-state index contributed by atoms with van der Waals surface area (Å²) in [5, 5.41) is 13.1. The molecule has 9 heteroatoms. The van der Waals surface area contributed by atoms with E-state index in [1.54, 1.807) is 39.8 Å². The molecule has 146 valence electrons. The highest BCUT2D eigenvalue weighted by Crippen LogP contribution is 2.24. The van der Waals surface area contributed by atoms with Gasteiger partial charge in [0.1, 0.15) is 5.60 Å². The number of ether oxygens (including phenoxy) is 1. The van der Waals surface area contributed by atoms with E-state index in [4.69, 9.17) is 4.74 Å². The van der Waals surface area contributed by atoms with Gasteiger partial charge in [-0.2, -0.15) is 4.31 Å². The number of rotatable bonds is 3. The van der Waals surface area contributed by atoms with Crippen molar-refractivity contribution >= 4 is 16.1 Å². The van der Waals surface area contributed by atoms with Crippen LogP contribution in [0.1, 0.15) is 40.5 Å². The van der Waals surface area contributed by atoms with Gasteiger partial charge in [0.25, 0.3) is 10.0 Å². The van der Waals surface area contributed by atoms with Crippen molar-refractivity contribution in [3.05, 3.63) is 24.4 Å². The average Bonchev–Trinajstić information content (AvgIpc) is 2.67. The van der Waals surface area contributed by atoms with Gasteiger partial charge < -0.3 is 15.2 Å². The van der Waals surface area contributed by atoms with Gasteiger partial charge in [-0.3, -0.25) is 0 Å². The maximum Gasteiger partial charge on any atom is 0.407 e. The fourth-order valence-corrected chi connectivity index (χ4v) is 4.44. The summed E-state index contributed by atoms with van der Waals surface area (Å²) < 4.78 is 32.2. The molecule has 1 aliphatic rings. The second-order valence-corrected chi connectivity index (χ2v) is 9.33. The van der Waals surface area contributed by atoms with Crippen LogP contribution in [0.4, 0.5) is 4.79 Å². The zero-order valence-electron chi connectivity index (χ0n) is 15.5. The minimum Gasteiger partial charge on any atom is -0.444 e. The molecule has 2 heterocycles. The zero-order chi connectivity index (χ0) is 19.5. The van der Waals surface area contributed by atoms with Crippen LogP contribution in [-0.2, 0) is 14.8 Å². The molecular weight excluding hydrogens is 358 g/mol. The molecule has 3 atom stereocenters. The van der Waals surface area contributed by atoms with Gasteiger partial charge in [-0.25, -0.2) is 18.2 Å². The number of carbonyl (C=O) groups excluding carboxylic acids is 1. The summed E-state index contributed by atoms with van der Waals surface area (Å²) >= 11 is 0. The lowest BCUT2D eigenvalue weighted by Gasteiger charge is -2.28. The van der Waals surface area contributed by atoms with E-state index in [0.717, 1.165) is 0 Å². The number of alkyl carbamates (subject to hydrolysis) is 1. The Morgan fingerprint density at radius 3 is 2.62 bits per heavy atom. The van der Waals surface area contributed by atoms with Gasteiger partial charge in [0, 0.05) is 18.8 Å². The van der Waals surface area contributed by atoms with Gasteiger partial charge >= 0.3 is 6.09 Å². The smallest absolute Gasteiger partial charge is 0.407 e. The predicted molar refractivity (Wildman–Crippen MR) is 96.0 cm³/mol. The fraction of sp³-hybridized carbons (Fsp3) is 0.647. The van der Waals surface area contributed by atoms with Crippen LogP contribution in [0, 0.1) is 0 Å². The molecule has 1 amide bonds. The summed E-state index contributed by atoms with van der Waals surface area (Å²) in [5.41, 5.74) is -0.651. The number of aliphatic hydroxyl groups is 1. The molecule has 0 bridgehead atoms. The highest BCUT2D eigenvalue weighted by Gasteiger charge is 2.37. The van der Waals surface area contributed by atoms with Crippen molar-refractivity contribution < 1.29 is 23.1 Å². The molecule has 1 saturated heterocycles. The van der Waals surface area contributed by atoms with Gasteiger partial charge in [-0.1, -0.05) is 6.07 Å². The molecule has 0 unspecified atom stereocenters. The highest BCUT2D eigenvalue weighted by atomic mass is 32.2. The lowest BCUT2D eigenvalue weighted by atomic mass is 10.1. The van der Waals surface area contributed by atoms with Gasteiger partial charge in [0.2, 0.25) is 0 Å². The lowest BCUT2D eigenvalue weighted by Crippen LogP contribution is -2.49. The van der Waals surface area contributed by atoms with Crippen molar-refractivity contribution in [3.8, 4) is 0 Å². The monoisotopic (exact) mass is 385 g/mol. The van der Waals surface area contributed by atoms with Crippen LogP contribution in [-0.4, -0.2) is 59.2 Å². The zero-order valence-corrected chi connectivity index (χ0v) is 16.4. The van der Waals surface area contributed by atoms with Crippen molar-refractivity contribution in [2.75, 3.05) is 6.54 Å². The van der Waals surface area contributed by atoms with Gasteiger partial charge in [-0.15, -0.1) is 0 Å². The quantitative estimate of drug-likeness (QED) is 0.816. The van der Waals surface area contributed by atoms with Crippen molar-refractivity contribution in [2.45, 2.75) is 69.4 Å². The number of aliphatic hydroxyl groups excluding tert-OH is 1. The number of carbonyl (C=O) groups is 1. The van der Waals surface area contributed by atoms with Crippen molar-refractivity contribution in [1.29, 1.82) is 0 Å². The van der Waals surface area contributed by atoms with Crippen LogP contribution in [0.2, 0.25) is 0 Å². The highest BCUT2D eigenvalue weighted by molar-refractivity contribution is 7.89. The number of hydrogen-bond acceptors (Lipinski definition) is 6. The van der Waals surface area contributed by atoms with E-state index in [1.807, 2.05) is 0 Å². The molecular formula is C17H27N3O5S. The molecule has 8 nitrogen and oxygen atoms in total. The van der Waals surface area contributed by atoms with E-state index in [-0.39, 0.29) is 17.6 Å². The molecule has 1 aliphatic heterocycles. The van der Waals surface area contributed by atoms with Crippen molar-refractivity contribution in [3.63, 3.8) is 0 Å². The Morgan fingerprint density at radius 2 is 2.04 bits per heavy atom. The van der Waals surface area contributed by atoms with Crippen LogP contribution in [0.25, 0.3) is 0 Å². The first-order valence-corrected chi connectivity index (χ1v) is 10.0. The van der Waals surface area contributed by atoms with E-state index in [2.05, 4.69) is 10.3 Å². The van der Waals surface area contributed by atoms with Crippen LogP contribution in [0.5, 0.6) is 0 Å². The van der Waals surface area contributed by atoms with E-state index >= 15 is 0 Å². The van der Waals surface area contributed by atoms with Crippen molar-refractivity contribution in [2.24, 2.45) is 0 Å². The SMILES string of the molecule is C[C@@H]1CC[C@@H](NC(=O)OC(C)(C)C)[C@H](O)CN1S(=O)(=O)c1ccccn1. The first-order chi connectivity index (χ1) is 12.0. The lowest BCUT2D eigenvalue weighted by molar-refractivity contribution is 0.0414. The second-order valence-electron chi connectivity index (χ2n) is 7.49. The maximum absolute atomic E-state index is 12.9. The Labute approximate surface area is 154 Å². The molecule has 1 fully saturated rings. The number of aromatic nitrogens is 1. The summed E-state index contributed by atoms with van der Waals surface area (Å²) in [6, 6.07) is 3.75. The topological polar surface area (TPSA) is 109 Å². The molecule has 0 spiro atoms. The van der Waals surface area contributed by atoms with Crippen LogP contribution < -0.4 is 5.32 Å². The maximum atomic E-state index is 12.9. The first kappa shape index (κ1) is 20.6. The second kappa shape index (κ2) is 7.89. The largest absolute Gasteiger partial charge is 0.444 e. The van der Waals surface area contributed by atoms with E-state index in [1.165, 1.54) is 16.6 Å². The van der Waals surface area contributed by atoms with E-state index in [9.17, 15) is 18.3 Å². The number of amides is 1. The Morgan fingerprint density at radius 1 is 1.35 bits per heavy atom. The summed E-state index contributed by atoms with van der Waals surface area (Å²) in [6.45, 7) is 6.90.